The van der Waals surface area contributed by atoms with E-state index in [2.05, 4.69) is 15.4 Å². The Bertz CT molecular complexity index is 693. The summed E-state index contributed by atoms with van der Waals surface area (Å²) in [6.07, 6.45) is 0. The number of hydrogen-bond donors (Lipinski definition) is 4. The zero-order chi connectivity index (χ0) is 15.4. The molecular weight excluding hydrogens is 274 g/mol. The van der Waals surface area contributed by atoms with Crippen LogP contribution >= 0.6 is 0 Å². The van der Waals surface area contributed by atoms with Gasteiger partial charge in [-0.25, -0.2) is 10.5 Å². The predicted octanol–water partition coefficient (Wildman–Crippen LogP) is 2.03. The minimum atomic E-state index is -0.0353. The molecule has 8 heteroatoms. The van der Waals surface area contributed by atoms with Crippen molar-refractivity contribution in [2.45, 2.75) is 0 Å². The topological polar surface area (TPSA) is 115 Å². The summed E-state index contributed by atoms with van der Waals surface area (Å²) in [5.41, 5.74) is 7.69. The van der Waals surface area contributed by atoms with Crippen molar-refractivity contribution in [3.05, 3.63) is 18.2 Å². The molecule has 0 spiro atoms. The predicted molar refractivity (Wildman–Crippen MR) is 79.2 cm³/mol. The summed E-state index contributed by atoms with van der Waals surface area (Å²) < 4.78 is 6.16. The molecule has 2 rings (SSSR count). The van der Waals surface area contributed by atoms with E-state index in [1.165, 1.54) is 4.57 Å². The van der Waals surface area contributed by atoms with Crippen LogP contribution in [0.25, 0.3) is 10.8 Å². The van der Waals surface area contributed by atoms with Crippen LogP contribution < -0.4 is 5.32 Å². The Labute approximate surface area is 121 Å². The zero-order valence-corrected chi connectivity index (χ0v) is 11.8. The average Bonchev–Trinajstić information content (AvgIpc) is 2.71. The molecule has 0 aliphatic rings. The minimum absolute atomic E-state index is 0.00628. The van der Waals surface area contributed by atoms with Crippen LogP contribution in [-0.2, 0) is 11.8 Å². The van der Waals surface area contributed by atoms with Crippen molar-refractivity contribution in [3.8, 4) is 11.8 Å². The maximum atomic E-state index is 9.94. The Morgan fingerprint density at radius 2 is 2.05 bits per heavy atom. The number of methoxy groups -OCH3 is 1. The van der Waals surface area contributed by atoms with Gasteiger partial charge in [-0.2, -0.15) is 0 Å². The number of nitrogens with one attached hydrogen (secondary N) is 2. The van der Waals surface area contributed by atoms with Crippen molar-refractivity contribution in [3.63, 3.8) is 0 Å². The Morgan fingerprint density at radius 1 is 1.33 bits per heavy atom. The summed E-state index contributed by atoms with van der Waals surface area (Å²) in [5.74, 6) is 0.103. The van der Waals surface area contributed by atoms with E-state index in [0.717, 1.165) is 0 Å². The van der Waals surface area contributed by atoms with E-state index in [0.29, 0.717) is 29.6 Å². The van der Waals surface area contributed by atoms with E-state index in [1.807, 2.05) is 0 Å². The Kier molecular flexibility index (Phi) is 4.39. The van der Waals surface area contributed by atoms with Crippen molar-refractivity contribution in [2.75, 3.05) is 25.6 Å². The molecule has 0 fully saturated rings. The number of fused-ring (bicyclic) bond motifs is 1. The molecule has 1 heterocycles. The monoisotopic (exact) mass is 291 g/mol. The van der Waals surface area contributed by atoms with Crippen LogP contribution in [0.15, 0.2) is 28.3 Å². The first-order valence-corrected chi connectivity index (χ1v) is 6.26. The summed E-state index contributed by atoms with van der Waals surface area (Å²) in [6.45, 7) is 0.827. The van der Waals surface area contributed by atoms with Gasteiger partial charge < -0.3 is 20.3 Å². The van der Waals surface area contributed by atoms with Gasteiger partial charge in [-0.1, -0.05) is 0 Å². The number of aliphatic imine (C=N–C) groups is 1. The number of ether oxygens (including phenoxy) is 1. The lowest BCUT2D eigenvalue weighted by Gasteiger charge is -2.05. The van der Waals surface area contributed by atoms with E-state index in [1.54, 1.807) is 32.4 Å². The molecule has 1 aromatic heterocycles. The number of nitrogens with zero attached hydrogens (tertiary/aromatic N) is 3. The molecule has 0 atom stereocenters. The van der Waals surface area contributed by atoms with E-state index >= 15 is 0 Å². The number of benzene rings is 1. The normalized spacial score (nSPS) is 11.8. The van der Waals surface area contributed by atoms with Gasteiger partial charge in [-0.3, -0.25) is 4.57 Å². The molecule has 112 valence electrons. The zero-order valence-electron chi connectivity index (χ0n) is 11.8. The largest absolute Gasteiger partial charge is 0.494 e. The molecule has 0 saturated carbocycles. The highest BCUT2D eigenvalue weighted by atomic mass is 16.5. The molecule has 0 aliphatic carbocycles. The summed E-state index contributed by atoms with van der Waals surface area (Å²) in [6, 6.07) is 5.03. The highest BCUT2D eigenvalue weighted by Crippen LogP contribution is 2.36. The highest BCUT2D eigenvalue weighted by Gasteiger charge is 2.13. The lowest BCUT2D eigenvalue weighted by Crippen LogP contribution is -2.10. The molecule has 0 unspecified atom stereocenters. The Hall–Kier alpha value is -2.61. The smallest absolute Gasteiger partial charge is 0.241 e. The van der Waals surface area contributed by atoms with Gasteiger partial charge in [0.2, 0.25) is 17.7 Å². The fourth-order valence-corrected chi connectivity index (χ4v) is 1.94. The van der Waals surface area contributed by atoms with Gasteiger partial charge in [0.1, 0.15) is 0 Å². The maximum Gasteiger partial charge on any atom is 0.241 e. The summed E-state index contributed by atoms with van der Waals surface area (Å²) in [5, 5.41) is 27.0. The first-order chi connectivity index (χ1) is 10.1. The lowest BCUT2D eigenvalue weighted by molar-refractivity contribution is 0.208. The van der Waals surface area contributed by atoms with Crippen LogP contribution in [0.3, 0.4) is 0 Å². The highest BCUT2D eigenvalue weighted by molar-refractivity contribution is 5.99. The quantitative estimate of drug-likeness (QED) is 0.298. The van der Waals surface area contributed by atoms with Crippen LogP contribution in [0.2, 0.25) is 0 Å². The number of aromatic hydroxyl groups is 2. The van der Waals surface area contributed by atoms with Gasteiger partial charge in [0.15, 0.2) is 0 Å². The van der Waals surface area contributed by atoms with Gasteiger partial charge in [-0.15, -0.1) is 5.11 Å². The fourth-order valence-electron chi connectivity index (χ4n) is 1.94. The molecule has 21 heavy (non-hydrogen) atoms. The van der Waals surface area contributed by atoms with Gasteiger partial charge >= 0.3 is 0 Å². The van der Waals surface area contributed by atoms with E-state index in [4.69, 9.17) is 10.3 Å². The molecule has 0 amide bonds. The second kappa shape index (κ2) is 6.23. The third-order valence-electron chi connectivity index (χ3n) is 3.06. The van der Waals surface area contributed by atoms with Crippen molar-refractivity contribution < 1.29 is 14.9 Å². The molecular formula is C13H17N5O3. The number of guanidine groups is 1. The Morgan fingerprint density at radius 3 is 2.71 bits per heavy atom. The number of rotatable bonds is 4. The Balaban J connectivity index is 2.28. The molecule has 1 aromatic carbocycles. The van der Waals surface area contributed by atoms with E-state index < -0.39 is 0 Å². The van der Waals surface area contributed by atoms with Crippen LogP contribution in [-0.4, -0.2) is 41.0 Å². The summed E-state index contributed by atoms with van der Waals surface area (Å²) in [7, 11) is 3.13. The van der Waals surface area contributed by atoms with Gasteiger partial charge in [-0.05, 0) is 18.2 Å². The van der Waals surface area contributed by atoms with E-state index in [9.17, 15) is 10.2 Å². The number of anilines is 1. The average molecular weight is 291 g/mol. The van der Waals surface area contributed by atoms with Crippen molar-refractivity contribution >= 4 is 22.4 Å². The van der Waals surface area contributed by atoms with Crippen LogP contribution in [0, 0.1) is 5.53 Å². The van der Waals surface area contributed by atoms with Gasteiger partial charge in [0.25, 0.3) is 0 Å². The van der Waals surface area contributed by atoms with Gasteiger partial charge in [0, 0.05) is 30.6 Å². The second-order valence-electron chi connectivity index (χ2n) is 4.40. The molecule has 0 bridgehead atoms. The maximum absolute atomic E-state index is 9.94. The molecule has 2 aromatic rings. The lowest BCUT2D eigenvalue weighted by atomic mass is 10.2. The molecule has 8 nitrogen and oxygen atoms in total. The van der Waals surface area contributed by atoms with Crippen LogP contribution in [0.5, 0.6) is 11.8 Å². The van der Waals surface area contributed by atoms with Crippen LogP contribution in [0.1, 0.15) is 0 Å². The van der Waals surface area contributed by atoms with Gasteiger partial charge in [0.05, 0.1) is 13.2 Å². The third-order valence-corrected chi connectivity index (χ3v) is 3.06. The molecule has 4 N–H and O–H groups in total. The standard InChI is InChI=1S/C13H17N5O3/c1-18-11(19)9-4-3-8(7-10(9)12(18)20)16-13(17-14)15-5-6-21-2/h3-4,7,14,19-20H,5-6H2,1-2H3,(H,15,16). The molecule has 0 radical (unpaired) electrons. The molecule has 0 saturated heterocycles. The van der Waals surface area contributed by atoms with Crippen molar-refractivity contribution in [1.29, 1.82) is 5.53 Å². The summed E-state index contributed by atoms with van der Waals surface area (Å²) >= 11 is 0. The molecule has 0 aliphatic heterocycles. The third kappa shape index (κ3) is 2.95. The summed E-state index contributed by atoms with van der Waals surface area (Å²) in [4.78, 5) is 4.06. The van der Waals surface area contributed by atoms with Crippen LogP contribution in [0.4, 0.5) is 5.69 Å². The van der Waals surface area contributed by atoms with E-state index in [-0.39, 0.29) is 17.7 Å². The minimum Gasteiger partial charge on any atom is -0.494 e. The van der Waals surface area contributed by atoms with Crippen molar-refractivity contribution in [1.82, 2.24) is 4.57 Å². The fraction of sp³-hybridized carbons (Fsp3) is 0.308. The number of hydrogen-bond acceptors (Lipinski definition) is 5. The second-order valence-corrected chi connectivity index (χ2v) is 4.40. The van der Waals surface area contributed by atoms with Crippen molar-refractivity contribution in [2.24, 2.45) is 17.2 Å². The first-order valence-electron chi connectivity index (χ1n) is 6.26. The number of aromatic nitrogens is 1. The SMILES string of the molecule is COCCN=C(N=N)Nc1ccc2c(O)n(C)c(O)c2c1. The first kappa shape index (κ1) is 14.8.